The molecule has 1 aromatic carbocycles. The highest BCUT2D eigenvalue weighted by molar-refractivity contribution is 14.0. The number of likely N-dealkylation sites (tertiary alicyclic amines) is 1. The summed E-state index contributed by atoms with van der Waals surface area (Å²) in [5, 5.41) is 5.72. The Hall–Kier alpha value is -1.90. The minimum absolute atomic E-state index is 0. The van der Waals surface area contributed by atoms with E-state index in [0.29, 0.717) is 19.7 Å². The smallest absolute Gasteiger partial charge is 0.310 e. The predicted molar refractivity (Wildman–Crippen MR) is 118 cm³/mol. The average molecular weight is 482 g/mol. The Labute approximate surface area is 177 Å². The number of ether oxygens (including phenoxy) is 1. The Morgan fingerprint density at radius 3 is 2.96 bits per heavy atom. The van der Waals surface area contributed by atoms with Crippen LogP contribution in [0.5, 0.6) is 0 Å². The van der Waals surface area contributed by atoms with Crippen LogP contribution in [0, 0.1) is 5.92 Å². The van der Waals surface area contributed by atoms with E-state index >= 15 is 0 Å². The number of fused-ring (bicyclic) bond motifs is 1. The van der Waals surface area contributed by atoms with Gasteiger partial charge in [0, 0.05) is 31.7 Å². The number of aromatic nitrogens is 1. The highest BCUT2D eigenvalue weighted by Crippen LogP contribution is 2.19. The summed E-state index contributed by atoms with van der Waals surface area (Å²) in [4.78, 5) is 23.1. The molecule has 1 N–H and O–H groups in total. The van der Waals surface area contributed by atoms with E-state index in [1.807, 2.05) is 31.3 Å². The number of piperidine rings is 1. The van der Waals surface area contributed by atoms with Crippen molar-refractivity contribution in [2.24, 2.45) is 10.9 Å². The number of nitrogens with zero attached hydrogens (tertiary/aromatic N) is 3. The summed E-state index contributed by atoms with van der Waals surface area (Å²) in [6, 6.07) is 10.2. The number of halogens is 1. The van der Waals surface area contributed by atoms with Crippen LogP contribution < -0.4 is 5.32 Å². The molecule has 0 aliphatic carbocycles. The van der Waals surface area contributed by atoms with E-state index in [1.165, 1.54) is 5.39 Å². The lowest BCUT2D eigenvalue weighted by molar-refractivity contribution is -0.149. The van der Waals surface area contributed by atoms with Gasteiger partial charge in [-0.15, -0.1) is 24.0 Å². The molecule has 1 aliphatic rings. The second-order valence-corrected chi connectivity index (χ2v) is 6.42. The fourth-order valence-electron chi connectivity index (χ4n) is 3.44. The number of hydrogen-bond donors (Lipinski definition) is 1. The first-order chi connectivity index (χ1) is 12.7. The summed E-state index contributed by atoms with van der Waals surface area (Å²) in [7, 11) is 1.77. The molecular formula is C20H27IN4O2. The van der Waals surface area contributed by atoms with Crippen molar-refractivity contribution in [2.45, 2.75) is 26.3 Å². The number of pyridine rings is 1. The molecule has 0 bridgehead atoms. The quantitative estimate of drug-likeness (QED) is 0.314. The number of rotatable bonds is 4. The van der Waals surface area contributed by atoms with Crippen molar-refractivity contribution in [2.75, 3.05) is 26.7 Å². The number of carbonyl (C=O) groups excluding carboxylic acids is 1. The van der Waals surface area contributed by atoms with Crippen LogP contribution in [0.2, 0.25) is 0 Å². The van der Waals surface area contributed by atoms with Crippen LogP contribution in [0.4, 0.5) is 0 Å². The maximum Gasteiger partial charge on any atom is 0.310 e. The molecule has 146 valence electrons. The fourth-order valence-corrected chi connectivity index (χ4v) is 3.44. The van der Waals surface area contributed by atoms with E-state index in [2.05, 4.69) is 32.3 Å². The van der Waals surface area contributed by atoms with Crippen molar-refractivity contribution in [1.29, 1.82) is 0 Å². The number of nitrogens with one attached hydrogen (secondary N) is 1. The van der Waals surface area contributed by atoms with Gasteiger partial charge in [-0.1, -0.05) is 24.3 Å². The minimum Gasteiger partial charge on any atom is -0.466 e. The third kappa shape index (κ3) is 5.31. The summed E-state index contributed by atoms with van der Waals surface area (Å²) >= 11 is 0. The second-order valence-electron chi connectivity index (χ2n) is 6.42. The van der Waals surface area contributed by atoms with Crippen LogP contribution in [0.3, 0.4) is 0 Å². The largest absolute Gasteiger partial charge is 0.466 e. The predicted octanol–water partition coefficient (Wildman–Crippen LogP) is 3.20. The van der Waals surface area contributed by atoms with E-state index in [1.54, 1.807) is 7.05 Å². The van der Waals surface area contributed by atoms with Crippen molar-refractivity contribution in [3.8, 4) is 0 Å². The normalized spacial score (nSPS) is 17.3. The lowest BCUT2D eigenvalue weighted by Crippen LogP contribution is -2.48. The number of esters is 1. The lowest BCUT2D eigenvalue weighted by Gasteiger charge is -2.33. The molecule has 3 rings (SSSR count). The Bertz CT molecular complexity index is 791. The summed E-state index contributed by atoms with van der Waals surface area (Å²) in [5.74, 6) is 0.607. The van der Waals surface area contributed by atoms with Crippen molar-refractivity contribution >= 4 is 46.7 Å². The molecule has 7 heteroatoms. The molecular weight excluding hydrogens is 455 g/mol. The number of benzene rings is 1. The topological polar surface area (TPSA) is 66.8 Å². The third-order valence-electron chi connectivity index (χ3n) is 4.72. The van der Waals surface area contributed by atoms with Gasteiger partial charge < -0.3 is 15.0 Å². The van der Waals surface area contributed by atoms with Crippen molar-refractivity contribution in [3.63, 3.8) is 0 Å². The minimum atomic E-state index is -0.108. The molecule has 1 aliphatic heterocycles. The average Bonchev–Trinajstić information content (AvgIpc) is 2.69. The first kappa shape index (κ1) is 21.4. The van der Waals surface area contributed by atoms with Gasteiger partial charge in [0.15, 0.2) is 5.96 Å². The molecule has 6 nitrogen and oxygen atoms in total. The molecule has 27 heavy (non-hydrogen) atoms. The second kappa shape index (κ2) is 10.4. The summed E-state index contributed by atoms with van der Waals surface area (Å²) in [6.45, 7) is 4.39. The Morgan fingerprint density at radius 1 is 1.37 bits per heavy atom. The molecule has 0 spiro atoms. The Morgan fingerprint density at radius 2 is 2.19 bits per heavy atom. The van der Waals surface area contributed by atoms with Gasteiger partial charge in [-0.05, 0) is 31.2 Å². The number of carbonyl (C=O) groups is 1. The maximum atomic E-state index is 12.1. The van der Waals surface area contributed by atoms with E-state index in [0.717, 1.165) is 36.4 Å². The number of aliphatic imine (C=N–C) groups is 1. The van der Waals surface area contributed by atoms with Crippen LogP contribution in [0.25, 0.3) is 10.8 Å². The Kier molecular flexibility index (Phi) is 8.27. The number of guanidine groups is 1. The first-order valence-electron chi connectivity index (χ1n) is 9.17. The van der Waals surface area contributed by atoms with Gasteiger partial charge in [0.25, 0.3) is 0 Å². The van der Waals surface area contributed by atoms with E-state index < -0.39 is 0 Å². The summed E-state index contributed by atoms with van der Waals surface area (Å²) in [6.07, 6.45) is 3.66. The van der Waals surface area contributed by atoms with Crippen molar-refractivity contribution < 1.29 is 9.53 Å². The zero-order chi connectivity index (χ0) is 18.4. The molecule has 0 amide bonds. The fraction of sp³-hybridized carbons (Fsp3) is 0.450. The van der Waals surface area contributed by atoms with E-state index in [9.17, 15) is 4.79 Å². The third-order valence-corrected chi connectivity index (χ3v) is 4.72. The molecule has 0 saturated carbocycles. The number of hydrogen-bond acceptors (Lipinski definition) is 4. The molecule has 1 atom stereocenters. The van der Waals surface area contributed by atoms with Gasteiger partial charge in [0.1, 0.15) is 0 Å². The van der Waals surface area contributed by atoms with Crippen LogP contribution in [-0.2, 0) is 16.1 Å². The SMILES string of the molecule is CCOC(=O)[C@@H]1CCCN(C(=NC)NCc2nccc3ccccc23)C1.I. The highest BCUT2D eigenvalue weighted by Gasteiger charge is 2.28. The molecule has 1 aromatic heterocycles. The van der Waals surface area contributed by atoms with Crippen LogP contribution in [0.15, 0.2) is 41.5 Å². The van der Waals surface area contributed by atoms with Crippen LogP contribution in [0.1, 0.15) is 25.5 Å². The zero-order valence-electron chi connectivity index (χ0n) is 15.9. The van der Waals surface area contributed by atoms with Gasteiger partial charge in [0.2, 0.25) is 0 Å². The molecule has 0 radical (unpaired) electrons. The summed E-state index contributed by atoms with van der Waals surface area (Å²) in [5.41, 5.74) is 0.989. The van der Waals surface area contributed by atoms with E-state index in [-0.39, 0.29) is 35.9 Å². The maximum absolute atomic E-state index is 12.1. The van der Waals surface area contributed by atoms with Crippen molar-refractivity contribution in [3.05, 3.63) is 42.2 Å². The molecule has 1 fully saturated rings. The zero-order valence-corrected chi connectivity index (χ0v) is 18.2. The van der Waals surface area contributed by atoms with Gasteiger partial charge in [-0.3, -0.25) is 14.8 Å². The molecule has 2 heterocycles. The Balaban J connectivity index is 0.00000261. The van der Waals surface area contributed by atoms with Gasteiger partial charge in [-0.2, -0.15) is 0 Å². The standard InChI is InChI=1S/C20H26N4O2.HI/c1-3-26-19(25)16-8-6-12-24(14-16)20(21-2)23-13-18-17-9-5-4-7-15(17)10-11-22-18;/h4-5,7,9-11,16H,3,6,8,12-14H2,1-2H3,(H,21,23);1H/t16-;/m1./s1. The first-order valence-corrected chi connectivity index (χ1v) is 9.17. The van der Waals surface area contributed by atoms with Gasteiger partial charge in [-0.25, -0.2) is 0 Å². The van der Waals surface area contributed by atoms with Crippen molar-refractivity contribution in [1.82, 2.24) is 15.2 Å². The molecule has 0 unspecified atom stereocenters. The van der Waals surface area contributed by atoms with Gasteiger partial charge in [0.05, 0.1) is 24.8 Å². The molecule has 1 saturated heterocycles. The van der Waals surface area contributed by atoms with Gasteiger partial charge >= 0.3 is 5.97 Å². The monoisotopic (exact) mass is 482 g/mol. The highest BCUT2D eigenvalue weighted by atomic mass is 127. The van der Waals surface area contributed by atoms with Crippen LogP contribution >= 0.6 is 24.0 Å². The van der Waals surface area contributed by atoms with E-state index in [4.69, 9.17) is 4.74 Å². The molecule has 2 aromatic rings. The lowest BCUT2D eigenvalue weighted by atomic mass is 9.98. The summed E-state index contributed by atoms with van der Waals surface area (Å²) < 4.78 is 5.18. The van der Waals surface area contributed by atoms with Crippen LogP contribution in [-0.4, -0.2) is 48.6 Å².